The van der Waals surface area contributed by atoms with Gasteiger partial charge in [-0.1, -0.05) is 33.6 Å². The molecule has 1 aliphatic carbocycles. The monoisotopic (exact) mass is 212 g/mol. The quantitative estimate of drug-likeness (QED) is 0.779. The third-order valence-electron chi connectivity index (χ3n) is 3.63. The van der Waals surface area contributed by atoms with Crippen LogP contribution in [-0.2, 0) is 0 Å². The van der Waals surface area contributed by atoms with E-state index in [1.807, 2.05) is 0 Å². The second-order valence-corrected chi connectivity index (χ2v) is 5.51. The van der Waals surface area contributed by atoms with Crippen LogP contribution in [0.2, 0.25) is 0 Å². The summed E-state index contributed by atoms with van der Waals surface area (Å²) in [6, 6.07) is 0. The van der Waals surface area contributed by atoms with Crippen molar-refractivity contribution in [3.05, 3.63) is 0 Å². The highest BCUT2D eigenvalue weighted by molar-refractivity contribution is 5.02. The van der Waals surface area contributed by atoms with Crippen molar-refractivity contribution in [2.45, 2.75) is 46.5 Å². The van der Waals surface area contributed by atoms with Gasteiger partial charge in [-0.15, -0.1) is 0 Å². The largest absolute Gasteiger partial charge is 0.329 e. The summed E-state index contributed by atoms with van der Waals surface area (Å²) in [6.45, 7) is 11.3. The van der Waals surface area contributed by atoms with Crippen LogP contribution in [0.15, 0.2) is 0 Å². The molecule has 0 aromatic heterocycles. The van der Waals surface area contributed by atoms with Crippen LogP contribution in [0.3, 0.4) is 0 Å². The van der Waals surface area contributed by atoms with Gasteiger partial charge in [0.2, 0.25) is 0 Å². The molecular weight excluding hydrogens is 184 g/mol. The van der Waals surface area contributed by atoms with Crippen LogP contribution in [0, 0.1) is 11.3 Å². The van der Waals surface area contributed by atoms with Crippen LogP contribution < -0.4 is 5.73 Å². The van der Waals surface area contributed by atoms with Crippen molar-refractivity contribution in [1.82, 2.24) is 4.90 Å². The average Bonchev–Trinajstić information content (AvgIpc) is 2.13. The molecular formula is C13H28N2. The zero-order chi connectivity index (χ0) is 11.3. The maximum absolute atomic E-state index is 5.47. The third-order valence-corrected chi connectivity index (χ3v) is 3.63. The normalized spacial score (nSPS) is 24.0. The van der Waals surface area contributed by atoms with Crippen LogP contribution in [0.1, 0.15) is 46.5 Å². The molecule has 1 spiro atoms. The van der Waals surface area contributed by atoms with Crippen LogP contribution >= 0.6 is 0 Å². The Morgan fingerprint density at radius 2 is 1.73 bits per heavy atom. The van der Waals surface area contributed by atoms with Crippen molar-refractivity contribution in [3.8, 4) is 0 Å². The molecule has 2 nitrogen and oxygen atoms in total. The van der Waals surface area contributed by atoms with E-state index in [-0.39, 0.29) is 0 Å². The van der Waals surface area contributed by atoms with E-state index < -0.39 is 0 Å². The molecule has 1 saturated heterocycles. The summed E-state index contributed by atoms with van der Waals surface area (Å²) in [6.07, 6.45) is 5.57. The van der Waals surface area contributed by atoms with Crippen molar-refractivity contribution >= 4 is 0 Å². The van der Waals surface area contributed by atoms with Crippen LogP contribution in [0.5, 0.6) is 0 Å². The fourth-order valence-electron chi connectivity index (χ4n) is 2.92. The van der Waals surface area contributed by atoms with Crippen molar-refractivity contribution in [3.63, 3.8) is 0 Å². The average molecular weight is 212 g/mol. The van der Waals surface area contributed by atoms with Gasteiger partial charge < -0.3 is 10.6 Å². The summed E-state index contributed by atoms with van der Waals surface area (Å²) in [7, 11) is 0. The molecule has 0 unspecified atom stereocenters. The summed E-state index contributed by atoms with van der Waals surface area (Å²) in [5.41, 5.74) is 6.23. The van der Waals surface area contributed by atoms with E-state index >= 15 is 0 Å². The third kappa shape index (κ3) is 3.46. The summed E-state index contributed by atoms with van der Waals surface area (Å²) >= 11 is 0. The molecule has 2 aliphatic rings. The van der Waals surface area contributed by atoms with Gasteiger partial charge in [0.05, 0.1) is 0 Å². The van der Waals surface area contributed by atoms with E-state index in [0.29, 0.717) is 0 Å². The van der Waals surface area contributed by atoms with E-state index in [4.69, 9.17) is 5.73 Å². The van der Waals surface area contributed by atoms with Crippen molar-refractivity contribution in [1.29, 1.82) is 0 Å². The second-order valence-electron chi connectivity index (χ2n) is 5.51. The summed E-state index contributed by atoms with van der Waals surface area (Å²) in [5.74, 6) is 0.995. The standard InChI is InChI=1S/C9H18N2.C4H10/c1-8-4-9(5-8)6-11(7-9)3-2-10;1-3-4-2/h8H,2-7,10H2,1H3;3-4H2,1-2H3. The molecule has 2 rings (SSSR count). The topological polar surface area (TPSA) is 29.3 Å². The Labute approximate surface area is 95.2 Å². The highest BCUT2D eigenvalue weighted by Crippen LogP contribution is 2.51. The number of likely N-dealkylation sites (tertiary alicyclic amines) is 1. The van der Waals surface area contributed by atoms with Gasteiger partial charge in [0.15, 0.2) is 0 Å². The number of hydrogen-bond acceptors (Lipinski definition) is 2. The lowest BCUT2D eigenvalue weighted by Gasteiger charge is -2.58. The van der Waals surface area contributed by atoms with E-state index in [9.17, 15) is 0 Å². The van der Waals surface area contributed by atoms with E-state index in [1.54, 1.807) is 0 Å². The van der Waals surface area contributed by atoms with Crippen LogP contribution in [-0.4, -0.2) is 31.1 Å². The molecule has 1 heterocycles. The number of nitrogens with two attached hydrogens (primary N) is 1. The highest BCUT2D eigenvalue weighted by Gasteiger charge is 2.49. The molecule has 2 heteroatoms. The lowest BCUT2D eigenvalue weighted by molar-refractivity contribution is -0.0872. The van der Waals surface area contributed by atoms with Gasteiger partial charge in [0.25, 0.3) is 0 Å². The highest BCUT2D eigenvalue weighted by atomic mass is 15.2. The Hall–Kier alpha value is -0.0800. The van der Waals surface area contributed by atoms with Gasteiger partial charge in [-0.25, -0.2) is 0 Å². The summed E-state index contributed by atoms with van der Waals surface area (Å²) in [5, 5.41) is 0. The van der Waals surface area contributed by atoms with Crippen molar-refractivity contribution in [2.24, 2.45) is 17.1 Å². The predicted octanol–water partition coefficient (Wildman–Crippen LogP) is 2.48. The van der Waals surface area contributed by atoms with Gasteiger partial charge in [-0.05, 0) is 24.2 Å². The number of rotatable bonds is 3. The Balaban J connectivity index is 0.000000245. The molecule has 2 N–H and O–H groups in total. The number of unbranched alkanes of at least 4 members (excludes halogenated alkanes) is 1. The fraction of sp³-hybridized carbons (Fsp3) is 1.00. The first-order chi connectivity index (χ1) is 7.15. The van der Waals surface area contributed by atoms with E-state index in [0.717, 1.165) is 24.4 Å². The maximum Gasteiger partial charge on any atom is 0.0105 e. The Bertz CT molecular complexity index is 163. The molecule has 2 fully saturated rings. The van der Waals surface area contributed by atoms with Crippen LogP contribution in [0.4, 0.5) is 0 Å². The molecule has 1 saturated carbocycles. The Kier molecular flexibility index (Phi) is 5.07. The second kappa shape index (κ2) is 5.86. The van der Waals surface area contributed by atoms with Crippen molar-refractivity contribution < 1.29 is 0 Å². The predicted molar refractivity (Wildman–Crippen MR) is 66.9 cm³/mol. The molecule has 0 aromatic rings. The minimum Gasteiger partial charge on any atom is -0.329 e. The van der Waals surface area contributed by atoms with Gasteiger partial charge in [0.1, 0.15) is 0 Å². The lowest BCUT2D eigenvalue weighted by atomic mass is 9.58. The van der Waals surface area contributed by atoms with E-state index in [1.165, 1.54) is 38.8 Å². The maximum atomic E-state index is 5.47. The molecule has 0 atom stereocenters. The first-order valence-electron chi connectivity index (χ1n) is 6.58. The molecule has 90 valence electrons. The molecule has 0 bridgehead atoms. The number of hydrogen-bond donors (Lipinski definition) is 1. The Morgan fingerprint density at radius 1 is 1.20 bits per heavy atom. The summed E-state index contributed by atoms with van der Waals surface area (Å²) < 4.78 is 0. The van der Waals surface area contributed by atoms with Gasteiger partial charge >= 0.3 is 0 Å². The minimum absolute atomic E-state index is 0.759. The number of nitrogens with zero attached hydrogens (tertiary/aromatic N) is 1. The van der Waals surface area contributed by atoms with Crippen molar-refractivity contribution in [2.75, 3.05) is 26.2 Å². The van der Waals surface area contributed by atoms with Gasteiger partial charge in [-0.3, -0.25) is 0 Å². The van der Waals surface area contributed by atoms with E-state index in [2.05, 4.69) is 25.7 Å². The molecule has 1 aliphatic heterocycles. The van der Waals surface area contributed by atoms with Crippen LogP contribution in [0.25, 0.3) is 0 Å². The zero-order valence-electron chi connectivity index (χ0n) is 10.8. The molecule has 15 heavy (non-hydrogen) atoms. The zero-order valence-corrected chi connectivity index (χ0v) is 10.8. The fourth-order valence-corrected chi connectivity index (χ4v) is 2.92. The first kappa shape index (κ1) is 13.0. The lowest BCUT2D eigenvalue weighted by Crippen LogP contribution is -2.62. The smallest absolute Gasteiger partial charge is 0.0105 e. The SMILES string of the molecule is CC1CC2(C1)CN(CCN)C2.CCCC. The molecule has 0 aromatic carbocycles. The van der Waals surface area contributed by atoms with Gasteiger partial charge in [0, 0.05) is 26.2 Å². The Morgan fingerprint density at radius 3 is 2.07 bits per heavy atom. The molecule has 0 radical (unpaired) electrons. The molecule has 0 amide bonds. The summed E-state index contributed by atoms with van der Waals surface area (Å²) in [4.78, 5) is 2.48. The van der Waals surface area contributed by atoms with Gasteiger partial charge in [-0.2, -0.15) is 0 Å². The minimum atomic E-state index is 0.759. The first-order valence-corrected chi connectivity index (χ1v) is 6.58.